The molecule has 9 heavy (non-hydrogen) atoms. The van der Waals surface area contributed by atoms with E-state index in [0.717, 1.165) is 5.92 Å². The van der Waals surface area contributed by atoms with Crippen LogP contribution in [0.3, 0.4) is 0 Å². The van der Waals surface area contributed by atoms with Crippen LogP contribution in [-0.4, -0.2) is 13.1 Å². The van der Waals surface area contributed by atoms with Crippen LogP contribution >= 0.6 is 0 Å². The average Bonchev–Trinajstić information content (AvgIpc) is 2.50. The lowest BCUT2D eigenvalue weighted by molar-refractivity contribution is -0.855. The van der Waals surface area contributed by atoms with Crippen LogP contribution in [-0.2, 0) is 0 Å². The molecule has 0 saturated heterocycles. The number of hydrogen-bond acceptors (Lipinski definition) is 0. The first-order valence-corrected chi connectivity index (χ1v) is 3.99. The Bertz CT molecular complexity index is 76.6. The van der Waals surface area contributed by atoms with Crippen molar-refractivity contribution in [3.05, 3.63) is 7.05 Å². The van der Waals surface area contributed by atoms with Crippen LogP contribution in [0.1, 0.15) is 26.2 Å². The van der Waals surface area contributed by atoms with Crippen molar-refractivity contribution >= 4 is 0 Å². The van der Waals surface area contributed by atoms with Gasteiger partial charge in [0.05, 0.1) is 13.1 Å². The molecule has 1 saturated carbocycles. The lowest BCUT2D eigenvalue weighted by Crippen LogP contribution is -3.07. The minimum Gasteiger partial charge on any atom is -0.468 e. The van der Waals surface area contributed by atoms with Gasteiger partial charge in [-0.3, -0.25) is 0 Å². The Kier molecular flexibility index (Phi) is 2.52. The van der Waals surface area contributed by atoms with Crippen molar-refractivity contribution in [3.63, 3.8) is 0 Å². The molecule has 1 nitrogen and oxygen atoms in total. The summed E-state index contributed by atoms with van der Waals surface area (Å²) in [5, 5.41) is 0. The maximum atomic E-state index is 4.02. The van der Waals surface area contributed by atoms with Crippen LogP contribution in [0.4, 0.5) is 0 Å². The van der Waals surface area contributed by atoms with Gasteiger partial charge in [0.15, 0.2) is 0 Å². The molecular weight excluding hydrogens is 110 g/mol. The predicted octanol–water partition coefficient (Wildman–Crippen LogP) is 0.483. The fourth-order valence-electron chi connectivity index (χ4n) is 1.19. The van der Waals surface area contributed by atoms with Gasteiger partial charge in [0, 0.05) is 5.92 Å². The van der Waals surface area contributed by atoms with E-state index >= 15 is 0 Å². The Morgan fingerprint density at radius 2 is 2.22 bits per heavy atom. The predicted molar refractivity (Wildman–Crippen MR) is 39.1 cm³/mol. The average molecular weight is 127 g/mol. The highest BCUT2D eigenvalue weighted by Gasteiger charge is 2.23. The van der Waals surface area contributed by atoms with E-state index < -0.39 is 0 Å². The van der Waals surface area contributed by atoms with Crippen LogP contribution in [0.5, 0.6) is 0 Å². The SMILES string of the molecule is [CH2-][NH+](CCC)CC1CC1. The van der Waals surface area contributed by atoms with Crippen LogP contribution in [0, 0.1) is 13.0 Å². The van der Waals surface area contributed by atoms with Gasteiger partial charge in [-0.15, -0.1) is 0 Å². The van der Waals surface area contributed by atoms with Gasteiger partial charge in [-0.1, -0.05) is 6.92 Å². The van der Waals surface area contributed by atoms with Crippen molar-refractivity contribution < 1.29 is 4.90 Å². The summed E-state index contributed by atoms with van der Waals surface area (Å²) in [7, 11) is 4.02. The van der Waals surface area contributed by atoms with E-state index in [9.17, 15) is 0 Å². The van der Waals surface area contributed by atoms with Crippen molar-refractivity contribution in [3.8, 4) is 0 Å². The normalized spacial score (nSPS) is 22.0. The molecule has 1 N–H and O–H groups in total. The van der Waals surface area contributed by atoms with Gasteiger partial charge in [0.1, 0.15) is 0 Å². The topological polar surface area (TPSA) is 4.44 Å². The van der Waals surface area contributed by atoms with Gasteiger partial charge in [0.25, 0.3) is 0 Å². The Hall–Kier alpha value is -0.0400. The van der Waals surface area contributed by atoms with Gasteiger partial charge in [-0.2, -0.15) is 7.05 Å². The zero-order valence-corrected chi connectivity index (χ0v) is 6.32. The highest BCUT2D eigenvalue weighted by molar-refractivity contribution is 4.71. The van der Waals surface area contributed by atoms with E-state index in [1.54, 1.807) is 0 Å². The van der Waals surface area contributed by atoms with E-state index in [1.807, 2.05) is 0 Å². The molecule has 1 heteroatoms. The second kappa shape index (κ2) is 3.21. The molecule has 54 valence electrons. The third-order valence-electron chi connectivity index (χ3n) is 1.88. The molecule has 0 radical (unpaired) electrons. The molecule has 0 spiro atoms. The third kappa shape index (κ3) is 2.85. The summed E-state index contributed by atoms with van der Waals surface area (Å²) in [4.78, 5) is 1.47. The molecule has 0 aromatic carbocycles. The minimum absolute atomic E-state index is 1.03. The molecule has 1 aliphatic rings. The molecular formula is C8H17N. The van der Waals surface area contributed by atoms with Crippen molar-refractivity contribution in [1.82, 2.24) is 0 Å². The lowest BCUT2D eigenvalue weighted by Gasteiger charge is -2.19. The van der Waals surface area contributed by atoms with Crippen molar-refractivity contribution in [2.75, 3.05) is 13.1 Å². The van der Waals surface area contributed by atoms with Gasteiger partial charge in [0.2, 0.25) is 0 Å². The molecule has 0 aromatic heterocycles. The number of rotatable bonds is 4. The first-order valence-electron chi connectivity index (χ1n) is 3.99. The van der Waals surface area contributed by atoms with E-state index in [2.05, 4.69) is 14.0 Å². The standard InChI is InChI=1S/C8H17N/c1-3-6-9(2)7-8-4-5-8/h8-9H,2-7H2,1H3. The van der Waals surface area contributed by atoms with Crippen molar-refractivity contribution in [1.29, 1.82) is 0 Å². The number of hydrogen-bond donors (Lipinski definition) is 1. The largest absolute Gasteiger partial charge is 0.468 e. The molecule has 0 aromatic rings. The second-order valence-electron chi connectivity index (χ2n) is 3.15. The summed E-state index contributed by atoms with van der Waals surface area (Å²) < 4.78 is 0. The van der Waals surface area contributed by atoms with E-state index in [0.29, 0.717) is 0 Å². The van der Waals surface area contributed by atoms with Gasteiger partial charge >= 0.3 is 0 Å². The number of quaternary nitrogens is 1. The van der Waals surface area contributed by atoms with E-state index in [4.69, 9.17) is 0 Å². The van der Waals surface area contributed by atoms with E-state index in [1.165, 1.54) is 37.3 Å². The zero-order valence-electron chi connectivity index (χ0n) is 6.32. The molecule has 1 atom stereocenters. The van der Waals surface area contributed by atoms with Crippen LogP contribution in [0.15, 0.2) is 0 Å². The van der Waals surface area contributed by atoms with E-state index in [-0.39, 0.29) is 0 Å². The summed E-state index contributed by atoms with van der Waals surface area (Å²) >= 11 is 0. The smallest absolute Gasteiger partial charge is 0.0558 e. The molecule has 0 amide bonds. The molecule has 1 unspecified atom stereocenters. The number of nitrogens with one attached hydrogen (secondary N) is 1. The Labute approximate surface area is 58.0 Å². The molecule has 1 aliphatic carbocycles. The van der Waals surface area contributed by atoms with Crippen LogP contribution in [0.2, 0.25) is 0 Å². The second-order valence-corrected chi connectivity index (χ2v) is 3.15. The van der Waals surface area contributed by atoms with Crippen LogP contribution in [0.25, 0.3) is 0 Å². The molecule has 1 rings (SSSR count). The zero-order chi connectivity index (χ0) is 6.69. The maximum Gasteiger partial charge on any atom is 0.0558 e. The van der Waals surface area contributed by atoms with Gasteiger partial charge in [-0.25, -0.2) is 0 Å². The first kappa shape index (κ1) is 7.07. The summed E-state index contributed by atoms with van der Waals surface area (Å²) in [6.07, 6.45) is 4.19. The molecule has 0 aliphatic heterocycles. The minimum atomic E-state index is 1.03. The Morgan fingerprint density at radius 1 is 1.56 bits per heavy atom. The lowest BCUT2D eigenvalue weighted by atomic mass is 10.3. The summed E-state index contributed by atoms with van der Waals surface area (Å²) in [6.45, 7) is 4.78. The third-order valence-corrected chi connectivity index (χ3v) is 1.88. The first-order chi connectivity index (χ1) is 4.33. The monoisotopic (exact) mass is 127 g/mol. The van der Waals surface area contributed by atoms with Gasteiger partial charge in [-0.05, 0) is 19.3 Å². The van der Waals surface area contributed by atoms with Gasteiger partial charge < -0.3 is 4.90 Å². The maximum absolute atomic E-state index is 4.02. The highest BCUT2D eigenvalue weighted by atomic mass is 15.1. The molecule has 0 bridgehead atoms. The highest BCUT2D eigenvalue weighted by Crippen LogP contribution is 2.26. The summed E-state index contributed by atoms with van der Waals surface area (Å²) in [5.74, 6) is 1.03. The molecule has 0 heterocycles. The van der Waals surface area contributed by atoms with Crippen molar-refractivity contribution in [2.24, 2.45) is 5.92 Å². The van der Waals surface area contributed by atoms with Crippen molar-refractivity contribution in [2.45, 2.75) is 26.2 Å². The van der Waals surface area contributed by atoms with Crippen LogP contribution < -0.4 is 4.90 Å². The Balaban J connectivity index is 1.95. The fourth-order valence-corrected chi connectivity index (χ4v) is 1.19. The fraction of sp³-hybridized carbons (Fsp3) is 0.875. The molecule has 1 fully saturated rings. The quantitative estimate of drug-likeness (QED) is 0.524. The Morgan fingerprint density at radius 3 is 2.67 bits per heavy atom. The summed E-state index contributed by atoms with van der Waals surface area (Å²) in [5.41, 5.74) is 0. The summed E-state index contributed by atoms with van der Waals surface area (Å²) in [6, 6.07) is 0.